The second-order valence-electron chi connectivity index (χ2n) is 3.42. The molecule has 0 aliphatic rings. The standard InChI is InChI=1S/C10H9BrF2N2O2S/c1-2-6(5-14)18(16,17)15-10-3-7(11)8(12)4-9(10)13/h3-4,6,15H,2H2,1H3. The maximum Gasteiger partial charge on any atom is 0.249 e. The minimum absolute atomic E-state index is 0.0653. The molecule has 1 aromatic rings. The van der Waals surface area contributed by atoms with Gasteiger partial charge in [0.25, 0.3) is 0 Å². The third-order valence-corrected chi connectivity index (χ3v) is 4.45. The van der Waals surface area contributed by atoms with E-state index >= 15 is 0 Å². The predicted molar refractivity (Wildman–Crippen MR) is 66.3 cm³/mol. The molecule has 0 saturated carbocycles. The normalized spacial score (nSPS) is 12.8. The monoisotopic (exact) mass is 338 g/mol. The molecule has 0 heterocycles. The molecule has 0 fully saturated rings. The summed E-state index contributed by atoms with van der Waals surface area (Å²) in [6, 6.07) is 3.11. The molecule has 4 nitrogen and oxygen atoms in total. The number of hydrogen-bond donors (Lipinski definition) is 1. The third-order valence-electron chi connectivity index (χ3n) is 2.15. The van der Waals surface area contributed by atoms with E-state index in [-0.39, 0.29) is 10.9 Å². The van der Waals surface area contributed by atoms with Crippen molar-refractivity contribution in [2.45, 2.75) is 18.6 Å². The Balaban J connectivity index is 3.13. The minimum Gasteiger partial charge on any atom is -0.279 e. The molecule has 0 aliphatic carbocycles. The highest BCUT2D eigenvalue weighted by atomic mass is 79.9. The van der Waals surface area contributed by atoms with Crippen LogP contribution in [-0.2, 0) is 10.0 Å². The summed E-state index contributed by atoms with van der Waals surface area (Å²) in [4.78, 5) is 0. The number of halogens is 3. The average Bonchev–Trinajstić information content (AvgIpc) is 2.26. The Kier molecular flexibility index (Phi) is 4.65. The first-order chi connectivity index (χ1) is 8.31. The summed E-state index contributed by atoms with van der Waals surface area (Å²) in [6.45, 7) is 1.52. The van der Waals surface area contributed by atoms with Gasteiger partial charge < -0.3 is 0 Å². The molecule has 0 amide bonds. The van der Waals surface area contributed by atoms with Crippen LogP contribution in [0.5, 0.6) is 0 Å². The summed E-state index contributed by atoms with van der Waals surface area (Å²) in [5.74, 6) is -1.89. The van der Waals surface area contributed by atoms with E-state index in [1.165, 1.54) is 6.92 Å². The van der Waals surface area contributed by atoms with Gasteiger partial charge in [-0.1, -0.05) is 6.92 Å². The van der Waals surface area contributed by atoms with Crippen molar-refractivity contribution >= 4 is 31.6 Å². The maximum atomic E-state index is 13.4. The van der Waals surface area contributed by atoms with Crippen molar-refractivity contribution in [3.8, 4) is 6.07 Å². The van der Waals surface area contributed by atoms with E-state index in [9.17, 15) is 17.2 Å². The number of rotatable bonds is 4. The van der Waals surface area contributed by atoms with E-state index < -0.39 is 32.6 Å². The van der Waals surface area contributed by atoms with Gasteiger partial charge >= 0.3 is 0 Å². The fourth-order valence-electron chi connectivity index (χ4n) is 1.21. The lowest BCUT2D eigenvalue weighted by atomic mass is 10.3. The van der Waals surface area contributed by atoms with Gasteiger partial charge in [-0.25, -0.2) is 17.2 Å². The number of benzene rings is 1. The highest BCUT2D eigenvalue weighted by molar-refractivity contribution is 9.10. The van der Waals surface area contributed by atoms with Crippen LogP contribution in [0.3, 0.4) is 0 Å². The lowest BCUT2D eigenvalue weighted by Crippen LogP contribution is -2.26. The van der Waals surface area contributed by atoms with Gasteiger partial charge in [-0.2, -0.15) is 5.26 Å². The Hall–Kier alpha value is -1.20. The summed E-state index contributed by atoms with van der Waals surface area (Å²) >= 11 is 2.82. The molecular weight excluding hydrogens is 330 g/mol. The van der Waals surface area contributed by atoms with E-state index in [0.717, 1.165) is 6.07 Å². The van der Waals surface area contributed by atoms with Crippen LogP contribution in [0.1, 0.15) is 13.3 Å². The first-order valence-electron chi connectivity index (χ1n) is 4.87. The highest BCUT2D eigenvalue weighted by Gasteiger charge is 2.24. The van der Waals surface area contributed by atoms with Crippen molar-refractivity contribution in [3.63, 3.8) is 0 Å². The average molecular weight is 339 g/mol. The molecular formula is C10H9BrF2N2O2S. The lowest BCUT2D eigenvalue weighted by Gasteiger charge is -2.12. The van der Waals surface area contributed by atoms with Crippen LogP contribution in [0, 0.1) is 23.0 Å². The van der Waals surface area contributed by atoms with Crippen molar-refractivity contribution in [3.05, 3.63) is 28.2 Å². The van der Waals surface area contributed by atoms with Crippen LogP contribution in [-0.4, -0.2) is 13.7 Å². The fraction of sp³-hybridized carbons (Fsp3) is 0.300. The second kappa shape index (κ2) is 5.63. The van der Waals surface area contributed by atoms with Crippen LogP contribution in [0.15, 0.2) is 16.6 Å². The molecule has 18 heavy (non-hydrogen) atoms. The Morgan fingerprint density at radius 1 is 1.44 bits per heavy atom. The van der Waals surface area contributed by atoms with Gasteiger partial charge in [-0.05, 0) is 28.4 Å². The van der Waals surface area contributed by atoms with E-state index in [1.807, 2.05) is 4.72 Å². The Bertz CT molecular complexity index is 599. The van der Waals surface area contributed by atoms with E-state index in [2.05, 4.69) is 15.9 Å². The summed E-state index contributed by atoms with van der Waals surface area (Å²) < 4.78 is 51.6. The van der Waals surface area contributed by atoms with Crippen LogP contribution in [0.2, 0.25) is 0 Å². The smallest absolute Gasteiger partial charge is 0.249 e. The Labute approximate surface area is 112 Å². The van der Waals surface area contributed by atoms with E-state index in [1.54, 1.807) is 6.07 Å². The zero-order valence-corrected chi connectivity index (χ0v) is 11.6. The Morgan fingerprint density at radius 3 is 2.56 bits per heavy atom. The number of anilines is 1. The third kappa shape index (κ3) is 3.17. The summed E-state index contributed by atoms with van der Waals surface area (Å²) in [6.07, 6.45) is 0.0653. The van der Waals surface area contributed by atoms with Crippen molar-refractivity contribution in [2.75, 3.05) is 4.72 Å². The topological polar surface area (TPSA) is 70.0 Å². The molecule has 1 rings (SSSR count). The molecule has 1 unspecified atom stereocenters. The zero-order chi connectivity index (χ0) is 13.9. The largest absolute Gasteiger partial charge is 0.279 e. The molecule has 0 aromatic heterocycles. The summed E-state index contributed by atoms with van der Waals surface area (Å²) in [7, 11) is -4.02. The summed E-state index contributed by atoms with van der Waals surface area (Å²) in [5, 5.41) is 7.38. The first-order valence-corrected chi connectivity index (χ1v) is 7.21. The molecule has 8 heteroatoms. The number of nitrogens with one attached hydrogen (secondary N) is 1. The fourth-order valence-corrected chi connectivity index (χ4v) is 2.73. The first kappa shape index (κ1) is 14.9. The van der Waals surface area contributed by atoms with Crippen LogP contribution in [0.25, 0.3) is 0 Å². The molecule has 0 radical (unpaired) electrons. The van der Waals surface area contributed by atoms with Crippen LogP contribution >= 0.6 is 15.9 Å². The number of nitrogens with zero attached hydrogens (tertiary/aromatic N) is 1. The van der Waals surface area contributed by atoms with Gasteiger partial charge in [0.15, 0.2) is 5.25 Å². The molecule has 1 atom stereocenters. The maximum absolute atomic E-state index is 13.4. The van der Waals surface area contributed by atoms with Crippen LogP contribution in [0.4, 0.5) is 14.5 Å². The van der Waals surface area contributed by atoms with Crippen molar-refractivity contribution < 1.29 is 17.2 Å². The number of hydrogen-bond acceptors (Lipinski definition) is 3. The SMILES string of the molecule is CCC(C#N)S(=O)(=O)Nc1cc(Br)c(F)cc1F. The van der Waals surface area contributed by atoms with Crippen molar-refractivity contribution in [2.24, 2.45) is 0 Å². The van der Waals surface area contributed by atoms with Crippen molar-refractivity contribution in [1.29, 1.82) is 5.26 Å². The Morgan fingerprint density at radius 2 is 2.06 bits per heavy atom. The summed E-state index contributed by atoms with van der Waals surface area (Å²) in [5.41, 5.74) is -0.406. The van der Waals surface area contributed by atoms with Gasteiger partial charge in [0, 0.05) is 6.07 Å². The molecule has 0 aliphatic heterocycles. The van der Waals surface area contributed by atoms with E-state index in [4.69, 9.17) is 5.26 Å². The van der Waals surface area contributed by atoms with Crippen molar-refractivity contribution in [1.82, 2.24) is 0 Å². The quantitative estimate of drug-likeness (QED) is 0.858. The minimum atomic E-state index is -4.02. The predicted octanol–water partition coefficient (Wildman–Crippen LogP) is 2.77. The zero-order valence-electron chi connectivity index (χ0n) is 9.25. The van der Waals surface area contributed by atoms with Gasteiger partial charge in [-0.15, -0.1) is 0 Å². The molecule has 0 bridgehead atoms. The molecule has 0 saturated heterocycles. The number of sulfonamides is 1. The van der Waals surface area contributed by atoms with E-state index in [0.29, 0.717) is 6.07 Å². The lowest BCUT2D eigenvalue weighted by molar-refractivity contribution is 0.577. The van der Waals surface area contributed by atoms with Gasteiger partial charge in [0.1, 0.15) is 11.6 Å². The van der Waals surface area contributed by atoms with Gasteiger partial charge in [0.2, 0.25) is 10.0 Å². The second-order valence-corrected chi connectivity index (χ2v) is 6.14. The molecule has 0 spiro atoms. The van der Waals surface area contributed by atoms with Crippen LogP contribution < -0.4 is 4.72 Å². The number of nitriles is 1. The van der Waals surface area contributed by atoms with Gasteiger partial charge in [0.05, 0.1) is 16.2 Å². The van der Waals surface area contributed by atoms with Gasteiger partial charge in [-0.3, -0.25) is 4.72 Å². The highest BCUT2D eigenvalue weighted by Crippen LogP contribution is 2.25. The molecule has 98 valence electrons. The molecule has 1 aromatic carbocycles. The molecule has 1 N–H and O–H groups in total.